The Morgan fingerprint density at radius 1 is 0.926 bits per heavy atom. The van der Waals surface area contributed by atoms with E-state index in [9.17, 15) is 0 Å². The normalized spacial score (nSPS) is 15.0. The van der Waals surface area contributed by atoms with Crippen LogP contribution in [0.5, 0.6) is 11.5 Å². The smallest absolute Gasteiger partial charge is 0.163 e. The minimum absolute atomic E-state index is 0.350. The average molecular weight is 429 g/mol. The Labute approximate surface area is 175 Å². The number of nitrogens with one attached hydrogen (secondary N) is 1. The molecule has 0 unspecified atom stereocenters. The number of ether oxygens (including phenoxy) is 2. The summed E-state index contributed by atoms with van der Waals surface area (Å²) >= 11 is 18.5. The topological polar surface area (TPSA) is 30.5 Å². The molecule has 146 valence electrons. The van der Waals surface area contributed by atoms with Crippen molar-refractivity contribution in [3.8, 4) is 11.5 Å². The van der Waals surface area contributed by atoms with Crippen molar-refractivity contribution in [3.63, 3.8) is 0 Å². The van der Waals surface area contributed by atoms with Gasteiger partial charge < -0.3 is 14.8 Å². The van der Waals surface area contributed by atoms with E-state index in [1.807, 2.05) is 18.2 Å². The van der Waals surface area contributed by atoms with Gasteiger partial charge in [-0.05, 0) is 42.2 Å². The second-order valence-electron chi connectivity index (χ2n) is 6.85. The summed E-state index contributed by atoms with van der Waals surface area (Å²) < 4.78 is 11.4. The zero-order valence-electron chi connectivity index (χ0n) is 15.4. The summed E-state index contributed by atoms with van der Waals surface area (Å²) in [6.45, 7) is 1.08. The first kappa shape index (κ1) is 20.6. The van der Waals surface area contributed by atoms with E-state index < -0.39 is 0 Å². The van der Waals surface area contributed by atoms with Crippen LogP contribution in [0.2, 0.25) is 15.1 Å². The molecule has 2 aromatic rings. The second kappa shape index (κ2) is 9.88. The Morgan fingerprint density at radius 2 is 1.70 bits per heavy atom. The molecule has 0 spiro atoms. The standard InChI is InChI=1S/C21H24Cl3NO2/c1-26-20-10-15(12-25-16-5-3-2-4-6-16)18(23)11-21(20)27-13-14-7-8-17(22)19(24)9-14/h7-11,16,25H,2-6,12-13H2,1H3. The lowest BCUT2D eigenvalue weighted by atomic mass is 9.95. The van der Waals surface area contributed by atoms with Gasteiger partial charge in [0.05, 0.1) is 17.2 Å². The molecule has 0 radical (unpaired) electrons. The molecule has 3 rings (SSSR count). The first-order valence-corrected chi connectivity index (χ1v) is 10.4. The van der Waals surface area contributed by atoms with E-state index in [1.165, 1.54) is 32.1 Å². The van der Waals surface area contributed by atoms with Crippen molar-refractivity contribution in [3.05, 3.63) is 56.5 Å². The predicted molar refractivity (Wildman–Crippen MR) is 113 cm³/mol. The fourth-order valence-corrected chi connectivity index (χ4v) is 3.88. The van der Waals surface area contributed by atoms with Crippen molar-refractivity contribution < 1.29 is 9.47 Å². The Balaban J connectivity index is 1.66. The molecule has 1 aliphatic carbocycles. The first-order valence-electron chi connectivity index (χ1n) is 9.23. The monoisotopic (exact) mass is 427 g/mol. The molecular weight excluding hydrogens is 405 g/mol. The highest BCUT2D eigenvalue weighted by atomic mass is 35.5. The van der Waals surface area contributed by atoms with Crippen LogP contribution in [-0.2, 0) is 13.2 Å². The summed E-state index contributed by atoms with van der Waals surface area (Å²) in [6.07, 6.45) is 6.42. The zero-order valence-corrected chi connectivity index (χ0v) is 17.6. The summed E-state index contributed by atoms with van der Waals surface area (Å²) in [5.41, 5.74) is 1.94. The summed E-state index contributed by atoms with van der Waals surface area (Å²) in [4.78, 5) is 0. The van der Waals surface area contributed by atoms with Gasteiger partial charge in [0.25, 0.3) is 0 Å². The van der Waals surface area contributed by atoms with E-state index >= 15 is 0 Å². The molecule has 27 heavy (non-hydrogen) atoms. The van der Waals surface area contributed by atoms with E-state index in [1.54, 1.807) is 19.2 Å². The highest BCUT2D eigenvalue weighted by Crippen LogP contribution is 2.34. The van der Waals surface area contributed by atoms with Crippen molar-refractivity contribution in [1.82, 2.24) is 5.32 Å². The predicted octanol–water partition coefficient (Wildman–Crippen LogP) is 6.66. The third-order valence-electron chi connectivity index (χ3n) is 4.90. The van der Waals surface area contributed by atoms with Gasteiger partial charge in [-0.25, -0.2) is 0 Å². The van der Waals surface area contributed by atoms with Crippen LogP contribution < -0.4 is 14.8 Å². The highest BCUT2D eigenvalue weighted by molar-refractivity contribution is 6.42. The van der Waals surface area contributed by atoms with Gasteiger partial charge in [-0.3, -0.25) is 0 Å². The number of hydrogen-bond acceptors (Lipinski definition) is 3. The van der Waals surface area contributed by atoms with Gasteiger partial charge in [-0.1, -0.05) is 60.1 Å². The van der Waals surface area contributed by atoms with Crippen molar-refractivity contribution in [2.75, 3.05) is 7.11 Å². The molecule has 6 heteroatoms. The van der Waals surface area contributed by atoms with Crippen LogP contribution in [0, 0.1) is 0 Å². The molecule has 1 N–H and O–H groups in total. The Hall–Kier alpha value is -1.13. The van der Waals surface area contributed by atoms with E-state index in [4.69, 9.17) is 44.3 Å². The lowest BCUT2D eigenvalue weighted by Crippen LogP contribution is -2.30. The van der Waals surface area contributed by atoms with Crippen molar-refractivity contribution >= 4 is 34.8 Å². The molecule has 0 amide bonds. The van der Waals surface area contributed by atoms with E-state index in [-0.39, 0.29) is 0 Å². The number of benzene rings is 2. The molecule has 1 aliphatic rings. The molecule has 0 aliphatic heterocycles. The third-order valence-corrected chi connectivity index (χ3v) is 5.99. The minimum Gasteiger partial charge on any atom is -0.493 e. The molecule has 0 bridgehead atoms. The average Bonchev–Trinajstić information content (AvgIpc) is 2.69. The van der Waals surface area contributed by atoms with Crippen LogP contribution >= 0.6 is 34.8 Å². The fourth-order valence-electron chi connectivity index (χ4n) is 3.34. The molecule has 1 fully saturated rings. The summed E-state index contributed by atoms with van der Waals surface area (Å²) in [6, 6.07) is 9.77. The summed E-state index contributed by atoms with van der Waals surface area (Å²) in [5.74, 6) is 1.27. The number of hydrogen-bond donors (Lipinski definition) is 1. The molecule has 2 aromatic carbocycles. The maximum atomic E-state index is 6.49. The SMILES string of the molecule is COc1cc(CNC2CCCCC2)c(Cl)cc1OCc1ccc(Cl)c(Cl)c1. The quantitative estimate of drug-likeness (QED) is 0.535. The van der Waals surface area contributed by atoms with Gasteiger partial charge in [0.15, 0.2) is 11.5 Å². The molecule has 0 atom stereocenters. The molecule has 0 saturated heterocycles. The Bertz CT molecular complexity index is 776. The maximum Gasteiger partial charge on any atom is 0.163 e. The van der Waals surface area contributed by atoms with E-state index in [0.717, 1.165) is 17.7 Å². The molecule has 1 saturated carbocycles. The Kier molecular flexibility index (Phi) is 7.54. The van der Waals surface area contributed by atoms with E-state index in [0.29, 0.717) is 39.2 Å². The number of rotatable bonds is 7. The number of halogens is 3. The Morgan fingerprint density at radius 3 is 2.41 bits per heavy atom. The van der Waals surface area contributed by atoms with Gasteiger partial charge in [-0.15, -0.1) is 0 Å². The summed E-state index contributed by atoms with van der Waals surface area (Å²) in [5, 5.41) is 5.31. The van der Waals surface area contributed by atoms with E-state index in [2.05, 4.69) is 5.32 Å². The molecular formula is C21H24Cl3NO2. The highest BCUT2D eigenvalue weighted by Gasteiger charge is 2.15. The second-order valence-corrected chi connectivity index (χ2v) is 8.07. The zero-order chi connectivity index (χ0) is 19.2. The fraction of sp³-hybridized carbons (Fsp3) is 0.429. The lowest BCUT2D eigenvalue weighted by Gasteiger charge is -2.23. The van der Waals surface area contributed by atoms with Crippen molar-refractivity contribution in [2.24, 2.45) is 0 Å². The minimum atomic E-state index is 0.350. The lowest BCUT2D eigenvalue weighted by molar-refractivity contribution is 0.284. The summed E-state index contributed by atoms with van der Waals surface area (Å²) in [7, 11) is 1.63. The van der Waals surface area contributed by atoms with Gasteiger partial charge in [0, 0.05) is 23.7 Å². The maximum absolute atomic E-state index is 6.49. The van der Waals surface area contributed by atoms with Crippen LogP contribution in [0.4, 0.5) is 0 Å². The third kappa shape index (κ3) is 5.68. The van der Waals surface area contributed by atoms with Crippen LogP contribution in [0.1, 0.15) is 43.2 Å². The van der Waals surface area contributed by atoms with Gasteiger partial charge in [0.1, 0.15) is 6.61 Å². The van der Waals surface area contributed by atoms with Crippen LogP contribution in [0.15, 0.2) is 30.3 Å². The van der Waals surface area contributed by atoms with Crippen molar-refractivity contribution in [1.29, 1.82) is 0 Å². The van der Waals surface area contributed by atoms with Gasteiger partial charge >= 0.3 is 0 Å². The number of methoxy groups -OCH3 is 1. The van der Waals surface area contributed by atoms with Crippen LogP contribution in [-0.4, -0.2) is 13.2 Å². The van der Waals surface area contributed by atoms with Crippen LogP contribution in [0.25, 0.3) is 0 Å². The molecule has 0 heterocycles. The first-order chi connectivity index (χ1) is 13.1. The molecule has 3 nitrogen and oxygen atoms in total. The van der Waals surface area contributed by atoms with Gasteiger partial charge in [-0.2, -0.15) is 0 Å². The van der Waals surface area contributed by atoms with Crippen molar-refractivity contribution in [2.45, 2.75) is 51.3 Å². The molecule has 0 aromatic heterocycles. The van der Waals surface area contributed by atoms with Gasteiger partial charge in [0.2, 0.25) is 0 Å². The largest absolute Gasteiger partial charge is 0.493 e. The van der Waals surface area contributed by atoms with Crippen LogP contribution in [0.3, 0.4) is 0 Å².